The van der Waals surface area contributed by atoms with Crippen molar-refractivity contribution in [3.8, 4) is 11.5 Å². The predicted octanol–water partition coefficient (Wildman–Crippen LogP) is 1.72. The van der Waals surface area contributed by atoms with E-state index in [0.29, 0.717) is 24.0 Å². The number of fused-ring (bicyclic) bond motifs is 1. The highest BCUT2D eigenvalue weighted by molar-refractivity contribution is 5.82. The topological polar surface area (TPSA) is 59.6 Å². The van der Waals surface area contributed by atoms with Crippen molar-refractivity contribution in [2.75, 3.05) is 19.6 Å². The maximum absolute atomic E-state index is 12.3. The first kappa shape index (κ1) is 15.2. The van der Waals surface area contributed by atoms with Gasteiger partial charge in [-0.2, -0.15) is 0 Å². The number of para-hydroxylation sites is 2. The van der Waals surface area contributed by atoms with Crippen molar-refractivity contribution in [3.63, 3.8) is 0 Å². The fourth-order valence-electron chi connectivity index (χ4n) is 3.08. The van der Waals surface area contributed by atoms with E-state index in [9.17, 15) is 4.79 Å². The number of rotatable bonds is 4. The first-order valence-corrected chi connectivity index (χ1v) is 8.15. The average Bonchev–Trinajstić information content (AvgIpc) is 2.55. The molecule has 1 saturated heterocycles. The third-order valence-electron chi connectivity index (χ3n) is 4.35. The smallest absolute Gasteiger partial charge is 0.265 e. The lowest BCUT2D eigenvalue weighted by Gasteiger charge is -2.31. The standard InChI is InChI=1S/C17H24N2O3/c1-12-16(22-15-7-3-2-6-14(15)21-12)17(20)19-10-8-13-5-4-9-18-11-13/h2-3,6-7,12-13,16,18H,4-5,8-11H2,1H3,(H,19,20). The van der Waals surface area contributed by atoms with Crippen LogP contribution in [0.3, 0.4) is 0 Å². The molecule has 0 aromatic heterocycles. The summed E-state index contributed by atoms with van der Waals surface area (Å²) in [5.74, 6) is 1.91. The van der Waals surface area contributed by atoms with E-state index in [1.807, 2.05) is 31.2 Å². The third-order valence-corrected chi connectivity index (χ3v) is 4.35. The van der Waals surface area contributed by atoms with Crippen molar-refractivity contribution < 1.29 is 14.3 Å². The van der Waals surface area contributed by atoms with Crippen molar-refractivity contribution in [2.24, 2.45) is 5.92 Å². The van der Waals surface area contributed by atoms with Crippen LogP contribution in [0.2, 0.25) is 0 Å². The second-order valence-corrected chi connectivity index (χ2v) is 6.10. The molecule has 2 heterocycles. The summed E-state index contributed by atoms with van der Waals surface area (Å²) in [5, 5.41) is 6.39. The molecule has 120 valence electrons. The van der Waals surface area contributed by atoms with Gasteiger partial charge in [0, 0.05) is 6.54 Å². The van der Waals surface area contributed by atoms with Crippen molar-refractivity contribution in [3.05, 3.63) is 24.3 Å². The van der Waals surface area contributed by atoms with Gasteiger partial charge in [-0.1, -0.05) is 12.1 Å². The van der Waals surface area contributed by atoms with Crippen molar-refractivity contribution in [1.29, 1.82) is 0 Å². The molecule has 2 aliphatic heterocycles. The van der Waals surface area contributed by atoms with Gasteiger partial charge in [0.1, 0.15) is 6.10 Å². The minimum Gasteiger partial charge on any atom is -0.482 e. The van der Waals surface area contributed by atoms with E-state index in [-0.39, 0.29) is 12.0 Å². The molecule has 22 heavy (non-hydrogen) atoms. The predicted molar refractivity (Wildman–Crippen MR) is 84.2 cm³/mol. The second kappa shape index (κ2) is 7.01. The quantitative estimate of drug-likeness (QED) is 0.889. The van der Waals surface area contributed by atoms with Gasteiger partial charge < -0.3 is 20.1 Å². The van der Waals surface area contributed by atoms with Crippen LogP contribution in [0.25, 0.3) is 0 Å². The number of piperidine rings is 1. The largest absolute Gasteiger partial charge is 0.482 e. The van der Waals surface area contributed by atoms with E-state index in [2.05, 4.69) is 10.6 Å². The first-order chi connectivity index (χ1) is 10.7. The molecule has 3 unspecified atom stereocenters. The van der Waals surface area contributed by atoms with Crippen LogP contribution in [0.15, 0.2) is 24.3 Å². The van der Waals surface area contributed by atoms with Crippen LogP contribution < -0.4 is 20.1 Å². The average molecular weight is 304 g/mol. The second-order valence-electron chi connectivity index (χ2n) is 6.10. The van der Waals surface area contributed by atoms with E-state index in [1.165, 1.54) is 12.8 Å². The summed E-state index contributed by atoms with van der Waals surface area (Å²) in [4.78, 5) is 12.3. The lowest BCUT2D eigenvalue weighted by atomic mass is 9.96. The number of amides is 1. The van der Waals surface area contributed by atoms with Gasteiger partial charge in [-0.05, 0) is 57.3 Å². The zero-order chi connectivity index (χ0) is 15.4. The molecule has 1 aromatic carbocycles. The zero-order valence-corrected chi connectivity index (χ0v) is 13.0. The lowest BCUT2D eigenvalue weighted by molar-refractivity contribution is -0.133. The van der Waals surface area contributed by atoms with Crippen LogP contribution in [-0.2, 0) is 4.79 Å². The summed E-state index contributed by atoms with van der Waals surface area (Å²) < 4.78 is 11.6. The molecule has 2 N–H and O–H groups in total. The van der Waals surface area contributed by atoms with Gasteiger partial charge in [0.15, 0.2) is 11.5 Å². The van der Waals surface area contributed by atoms with Gasteiger partial charge in [-0.25, -0.2) is 0 Å². The van der Waals surface area contributed by atoms with Gasteiger partial charge >= 0.3 is 0 Å². The first-order valence-electron chi connectivity index (χ1n) is 8.15. The number of carbonyl (C=O) groups excluding carboxylic acids is 1. The van der Waals surface area contributed by atoms with Gasteiger partial charge in [-0.3, -0.25) is 4.79 Å². The molecule has 1 amide bonds. The van der Waals surface area contributed by atoms with E-state index in [4.69, 9.17) is 9.47 Å². The van der Waals surface area contributed by atoms with Crippen molar-refractivity contribution in [2.45, 2.75) is 38.4 Å². The zero-order valence-electron chi connectivity index (χ0n) is 13.0. The number of hydrogen-bond acceptors (Lipinski definition) is 4. The van der Waals surface area contributed by atoms with E-state index >= 15 is 0 Å². The molecule has 2 aliphatic rings. The maximum atomic E-state index is 12.3. The lowest BCUT2D eigenvalue weighted by Crippen LogP contribution is -2.49. The Morgan fingerprint density at radius 1 is 1.32 bits per heavy atom. The summed E-state index contributed by atoms with van der Waals surface area (Å²) in [6.45, 7) is 4.74. The monoisotopic (exact) mass is 304 g/mol. The molecular formula is C17H24N2O3. The Kier molecular flexibility index (Phi) is 4.83. The van der Waals surface area contributed by atoms with E-state index in [0.717, 1.165) is 19.5 Å². The Hall–Kier alpha value is -1.75. The van der Waals surface area contributed by atoms with Crippen LogP contribution in [0, 0.1) is 5.92 Å². The highest BCUT2D eigenvalue weighted by Crippen LogP contribution is 2.33. The van der Waals surface area contributed by atoms with Crippen LogP contribution in [0.5, 0.6) is 11.5 Å². The molecule has 0 spiro atoms. The third kappa shape index (κ3) is 3.53. The van der Waals surface area contributed by atoms with Crippen LogP contribution >= 0.6 is 0 Å². The number of nitrogens with one attached hydrogen (secondary N) is 2. The summed E-state index contributed by atoms with van der Waals surface area (Å²) in [6.07, 6.45) is 2.62. The Morgan fingerprint density at radius 3 is 2.82 bits per heavy atom. The van der Waals surface area contributed by atoms with Crippen molar-refractivity contribution in [1.82, 2.24) is 10.6 Å². The Balaban J connectivity index is 1.49. The van der Waals surface area contributed by atoms with Crippen molar-refractivity contribution >= 4 is 5.91 Å². The molecule has 5 nitrogen and oxygen atoms in total. The maximum Gasteiger partial charge on any atom is 0.265 e. The van der Waals surface area contributed by atoms with Gasteiger partial charge in [0.25, 0.3) is 5.91 Å². The number of carbonyl (C=O) groups is 1. The highest BCUT2D eigenvalue weighted by Gasteiger charge is 2.33. The van der Waals surface area contributed by atoms with E-state index < -0.39 is 6.10 Å². The Labute approximate surface area is 131 Å². The normalized spacial score (nSPS) is 27.2. The molecular weight excluding hydrogens is 280 g/mol. The minimum atomic E-state index is -0.584. The number of ether oxygens (including phenoxy) is 2. The van der Waals surface area contributed by atoms with Crippen LogP contribution in [0.1, 0.15) is 26.2 Å². The summed E-state index contributed by atoms with van der Waals surface area (Å²) in [5.41, 5.74) is 0. The molecule has 0 saturated carbocycles. The minimum absolute atomic E-state index is 0.0919. The van der Waals surface area contributed by atoms with Crippen LogP contribution in [-0.4, -0.2) is 37.7 Å². The fraction of sp³-hybridized carbons (Fsp3) is 0.588. The molecule has 3 atom stereocenters. The van der Waals surface area contributed by atoms with Crippen LogP contribution in [0.4, 0.5) is 0 Å². The Morgan fingerprint density at radius 2 is 2.09 bits per heavy atom. The van der Waals surface area contributed by atoms with Gasteiger partial charge in [0.2, 0.25) is 6.10 Å². The number of benzene rings is 1. The molecule has 0 aliphatic carbocycles. The van der Waals surface area contributed by atoms with Gasteiger partial charge in [-0.15, -0.1) is 0 Å². The molecule has 3 rings (SSSR count). The summed E-state index contributed by atoms with van der Waals surface area (Å²) >= 11 is 0. The summed E-state index contributed by atoms with van der Waals surface area (Å²) in [7, 11) is 0. The van der Waals surface area contributed by atoms with E-state index in [1.54, 1.807) is 0 Å². The molecule has 0 bridgehead atoms. The molecule has 1 fully saturated rings. The molecule has 1 aromatic rings. The summed E-state index contributed by atoms with van der Waals surface area (Å²) in [6, 6.07) is 7.46. The number of hydrogen-bond donors (Lipinski definition) is 2. The van der Waals surface area contributed by atoms with Gasteiger partial charge in [0.05, 0.1) is 0 Å². The molecule has 0 radical (unpaired) electrons. The Bertz CT molecular complexity index is 514. The fourth-order valence-corrected chi connectivity index (χ4v) is 3.08. The SMILES string of the molecule is CC1Oc2ccccc2OC1C(=O)NCCC1CCCNC1. The molecule has 5 heteroatoms. The highest BCUT2D eigenvalue weighted by atomic mass is 16.6.